The normalized spacial score (nSPS) is 17.1. The van der Waals surface area contributed by atoms with E-state index in [0.29, 0.717) is 0 Å². The van der Waals surface area contributed by atoms with Crippen molar-refractivity contribution in [1.29, 1.82) is 0 Å². The smallest absolute Gasteiger partial charge is 0.328 e. The second-order valence-corrected chi connectivity index (χ2v) is 5.40. The number of nitrogens with zero attached hydrogens (tertiary/aromatic N) is 1. The number of aryl methyl sites for hydroxylation is 1. The van der Waals surface area contributed by atoms with Gasteiger partial charge in [-0.05, 0) is 49.5 Å². The lowest BCUT2D eigenvalue weighted by atomic mass is 9.97. The van der Waals surface area contributed by atoms with E-state index in [0.717, 1.165) is 35.8 Å². The van der Waals surface area contributed by atoms with E-state index in [2.05, 4.69) is 24.0 Å². The summed E-state index contributed by atoms with van der Waals surface area (Å²) in [5.74, 6) is -0.112. The molecule has 3 heteroatoms. The average molecular weight is 259 g/mol. The number of carboxylic acids is 1. The third-order valence-corrected chi connectivity index (χ3v) is 3.71. The fourth-order valence-electron chi connectivity index (χ4n) is 2.51. The highest BCUT2D eigenvalue weighted by molar-refractivity contribution is 5.87. The van der Waals surface area contributed by atoms with Crippen LogP contribution in [-0.2, 0) is 4.79 Å². The molecular weight excluding hydrogens is 238 g/mol. The number of rotatable bonds is 3. The predicted molar refractivity (Wildman–Crippen MR) is 78.5 cm³/mol. The van der Waals surface area contributed by atoms with Crippen LogP contribution in [0.2, 0.25) is 0 Å². The van der Waals surface area contributed by atoms with Crippen LogP contribution in [0.15, 0.2) is 24.3 Å². The van der Waals surface area contributed by atoms with Gasteiger partial charge in [-0.15, -0.1) is 0 Å². The van der Waals surface area contributed by atoms with Crippen molar-refractivity contribution < 1.29 is 9.90 Å². The second kappa shape index (κ2) is 5.91. The summed E-state index contributed by atoms with van der Waals surface area (Å²) in [5.41, 5.74) is 3.30. The van der Waals surface area contributed by atoms with Gasteiger partial charge in [0.1, 0.15) is 0 Å². The summed E-state index contributed by atoms with van der Waals surface area (Å²) in [7, 11) is 0. The van der Waals surface area contributed by atoms with Crippen molar-refractivity contribution in [2.24, 2.45) is 5.92 Å². The van der Waals surface area contributed by atoms with Crippen LogP contribution in [0.3, 0.4) is 0 Å². The monoisotopic (exact) mass is 259 g/mol. The van der Waals surface area contributed by atoms with Crippen molar-refractivity contribution in [2.45, 2.75) is 26.7 Å². The Morgan fingerprint density at radius 1 is 1.37 bits per heavy atom. The van der Waals surface area contributed by atoms with Crippen LogP contribution >= 0.6 is 0 Å². The van der Waals surface area contributed by atoms with Crippen molar-refractivity contribution in [1.82, 2.24) is 0 Å². The molecule has 1 aromatic carbocycles. The quantitative estimate of drug-likeness (QED) is 0.846. The van der Waals surface area contributed by atoms with Crippen molar-refractivity contribution >= 4 is 17.7 Å². The second-order valence-electron chi connectivity index (χ2n) is 5.40. The van der Waals surface area contributed by atoms with Gasteiger partial charge < -0.3 is 10.0 Å². The Morgan fingerprint density at radius 3 is 2.68 bits per heavy atom. The first kappa shape index (κ1) is 13.7. The molecule has 102 valence electrons. The molecule has 1 saturated heterocycles. The zero-order chi connectivity index (χ0) is 13.8. The maximum atomic E-state index is 10.7. The maximum absolute atomic E-state index is 10.7. The fourth-order valence-corrected chi connectivity index (χ4v) is 2.51. The number of benzene rings is 1. The summed E-state index contributed by atoms with van der Waals surface area (Å²) < 4.78 is 0. The fraction of sp³-hybridized carbons (Fsp3) is 0.438. The van der Waals surface area contributed by atoms with E-state index < -0.39 is 5.97 Å². The van der Waals surface area contributed by atoms with Gasteiger partial charge in [-0.25, -0.2) is 4.79 Å². The highest BCUT2D eigenvalue weighted by Crippen LogP contribution is 2.27. The minimum absolute atomic E-state index is 0.791. The number of piperidine rings is 1. The van der Waals surface area contributed by atoms with Crippen LogP contribution < -0.4 is 4.90 Å². The number of hydrogen-bond acceptors (Lipinski definition) is 2. The van der Waals surface area contributed by atoms with Gasteiger partial charge in [0, 0.05) is 24.9 Å². The van der Waals surface area contributed by atoms with E-state index in [1.54, 1.807) is 6.08 Å². The summed E-state index contributed by atoms with van der Waals surface area (Å²) in [4.78, 5) is 13.0. The molecule has 1 N–H and O–H groups in total. The molecule has 0 unspecified atom stereocenters. The lowest BCUT2D eigenvalue weighted by Gasteiger charge is -2.33. The first-order chi connectivity index (χ1) is 9.06. The van der Waals surface area contributed by atoms with E-state index in [9.17, 15) is 4.79 Å². The van der Waals surface area contributed by atoms with Gasteiger partial charge in [0.25, 0.3) is 0 Å². The number of hydrogen-bond donors (Lipinski definition) is 1. The molecule has 19 heavy (non-hydrogen) atoms. The van der Waals surface area contributed by atoms with Crippen LogP contribution in [-0.4, -0.2) is 24.2 Å². The minimum atomic E-state index is -0.903. The van der Waals surface area contributed by atoms with Crippen molar-refractivity contribution in [3.05, 3.63) is 35.4 Å². The molecule has 0 radical (unpaired) electrons. The summed E-state index contributed by atoms with van der Waals surface area (Å²) in [6, 6.07) is 6.24. The van der Waals surface area contributed by atoms with Gasteiger partial charge in [0.15, 0.2) is 0 Å². The Morgan fingerprint density at radius 2 is 2.05 bits per heavy atom. The average Bonchev–Trinajstić information content (AvgIpc) is 2.38. The van der Waals surface area contributed by atoms with Gasteiger partial charge in [0.05, 0.1) is 0 Å². The third kappa shape index (κ3) is 3.60. The zero-order valence-electron chi connectivity index (χ0n) is 11.6. The van der Waals surface area contributed by atoms with E-state index in [4.69, 9.17) is 5.11 Å². The predicted octanol–water partition coefficient (Wildman–Crippen LogP) is 3.33. The number of carbonyl (C=O) groups is 1. The summed E-state index contributed by atoms with van der Waals surface area (Å²) in [6.07, 6.45) is 5.32. The molecule has 0 spiro atoms. The summed E-state index contributed by atoms with van der Waals surface area (Å²) in [5, 5.41) is 8.78. The molecule has 1 aliphatic heterocycles. The molecular formula is C16H21NO2. The van der Waals surface area contributed by atoms with Crippen LogP contribution in [0.25, 0.3) is 6.08 Å². The molecule has 1 aromatic rings. The number of aliphatic carboxylic acids is 1. The van der Waals surface area contributed by atoms with Gasteiger partial charge in [0.2, 0.25) is 0 Å². The first-order valence-corrected chi connectivity index (χ1v) is 6.83. The molecule has 0 bridgehead atoms. The Balaban J connectivity index is 2.26. The largest absolute Gasteiger partial charge is 0.478 e. The molecule has 1 aliphatic rings. The molecule has 0 aromatic heterocycles. The maximum Gasteiger partial charge on any atom is 0.328 e. The molecule has 0 atom stereocenters. The molecule has 0 amide bonds. The number of carboxylic acid groups (broad SMARTS) is 1. The SMILES string of the molecule is Cc1ccc(N2CCC(C)CC2)c(/C=C/C(=O)O)c1. The molecule has 1 fully saturated rings. The summed E-state index contributed by atoms with van der Waals surface area (Å²) >= 11 is 0. The molecule has 0 saturated carbocycles. The Kier molecular flexibility index (Phi) is 4.25. The van der Waals surface area contributed by atoms with Crippen molar-refractivity contribution in [3.63, 3.8) is 0 Å². The van der Waals surface area contributed by atoms with Gasteiger partial charge in [-0.2, -0.15) is 0 Å². The minimum Gasteiger partial charge on any atom is -0.478 e. The topological polar surface area (TPSA) is 40.5 Å². The lowest BCUT2D eigenvalue weighted by Crippen LogP contribution is -2.33. The van der Waals surface area contributed by atoms with E-state index in [-0.39, 0.29) is 0 Å². The molecule has 2 rings (SSSR count). The van der Waals surface area contributed by atoms with Crippen molar-refractivity contribution in [2.75, 3.05) is 18.0 Å². The third-order valence-electron chi connectivity index (χ3n) is 3.71. The lowest BCUT2D eigenvalue weighted by molar-refractivity contribution is -0.131. The highest BCUT2D eigenvalue weighted by Gasteiger charge is 2.17. The Labute approximate surface area is 114 Å². The van der Waals surface area contributed by atoms with Gasteiger partial charge in [-0.1, -0.05) is 18.6 Å². The van der Waals surface area contributed by atoms with Crippen LogP contribution in [0, 0.1) is 12.8 Å². The highest BCUT2D eigenvalue weighted by atomic mass is 16.4. The Bertz CT molecular complexity index is 486. The van der Waals surface area contributed by atoms with Gasteiger partial charge in [-0.3, -0.25) is 0 Å². The van der Waals surface area contributed by atoms with Crippen molar-refractivity contribution in [3.8, 4) is 0 Å². The van der Waals surface area contributed by atoms with E-state index in [1.165, 1.54) is 18.9 Å². The first-order valence-electron chi connectivity index (χ1n) is 6.83. The van der Waals surface area contributed by atoms with Crippen LogP contribution in [0.1, 0.15) is 30.9 Å². The number of anilines is 1. The van der Waals surface area contributed by atoms with Crippen LogP contribution in [0.5, 0.6) is 0 Å². The van der Waals surface area contributed by atoms with E-state index in [1.807, 2.05) is 13.0 Å². The molecule has 0 aliphatic carbocycles. The standard InChI is InChI=1S/C16H21NO2/c1-12-7-9-17(10-8-12)15-5-3-13(2)11-14(15)4-6-16(18)19/h3-6,11-12H,7-10H2,1-2H3,(H,18,19)/b6-4+. The zero-order valence-corrected chi connectivity index (χ0v) is 11.6. The van der Waals surface area contributed by atoms with Crippen LogP contribution in [0.4, 0.5) is 5.69 Å². The van der Waals surface area contributed by atoms with Gasteiger partial charge >= 0.3 is 5.97 Å². The molecule has 1 heterocycles. The summed E-state index contributed by atoms with van der Waals surface area (Å²) in [6.45, 7) is 6.42. The molecule has 3 nitrogen and oxygen atoms in total. The Hall–Kier alpha value is -1.77. The van der Waals surface area contributed by atoms with E-state index >= 15 is 0 Å².